The molecule has 0 amide bonds. The Bertz CT molecular complexity index is 2530. The molecule has 1 heterocycles. The summed E-state index contributed by atoms with van der Waals surface area (Å²) in [5.41, 5.74) is 10.7. The molecule has 0 bridgehead atoms. The highest BCUT2D eigenvalue weighted by atomic mass is 32.1. The van der Waals surface area contributed by atoms with Crippen LogP contribution in [0.25, 0.3) is 64.3 Å². The van der Waals surface area contributed by atoms with Crippen molar-refractivity contribution in [1.82, 2.24) is 0 Å². The minimum absolute atomic E-state index is 1.12. The number of benzene rings is 8. The Kier molecular flexibility index (Phi) is 7.07. The molecule has 1 aromatic heterocycles. The van der Waals surface area contributed by atoms with Crippen molar-refractivity contribution in [3.63, 3.8) is 0 Å². The van der Waals surface area contributed by atoms with Crippen molar-refractivity contribution in [1.29, 1.82) is 0 Å². The summed E-state index contributed by atoms with van der Waals surface area (Å²) in [7, 11) is 0. The van der Waals surface area contributed by atoms with Crippen LogP contribution in [0.3, 0.4) is 0 Å². The Balaban J connectivity index is 1.07. The summed E-state index contributed by atoms with van der Waals surface area (Å²) in [5, 5.41) is 5.23. The van der Waals surface area contributed by atoms with E-state index in [-0.39, 0.29) is 0 Å². The van der Waals surface area contributed by atoms with E-state index in [4.69, 9.17) is 0 Å². The molecule has 0 aliphatic carbocycles. The van der Waals surface area contributed by atoms with Crippen molar-refractivity contribution in [2.75, 3.05) is 4.90 Å². The van der Waals surface area contributed by atoms with E-state index < -0.39 is 0 Å². The van der Waals surface area contributed by atoms with E-state index in [1.807, 2.05) is 11.3 Å². The largest absolute Gasteiger partial charge is 0.311 e. The fourth-order valence-corrected chi connectivity index (χ4v) is 7.98. The zero-order valence-electron chi connectivity index (χ0n) is 26.3. The van der Waals surface area contributed by atoms with Crippen LogP contribution in [0, 0.1) is 0 Å². The third-order valence-corrected chi connectivity index (χ3v) is 10.4. The first-order valence-corrected chi connectivity index (χ1v) is 17.2. The molecule has 0 aliphatic rings. The molecule has 2 heteroatoms. The van der Waals surface area contributed by atoms with Crippen LogP contribution in [0.1, 0.15) is 0 Å². The zero-order valence-corrected chi connectivity index (χ0v) is 27.1. The lowest BCUT2D eigenvalue weighted by Crippen LogP contribution is -2.09. The summed E-state index contributed by atoms with van der Waals surface area (Å²) in [6, 6.07) is 68.0. The lowest BCUT2D eigenvalue weighted by Gasteiger charge is -2.26. The predicted molar refractivity (Wildman–Crippen MR) is 208 cm³/mol. The summed E-state index contributed by atoms with van der Waals surface area (Å²) >= 11 is 1.87. The van der Waals surface area contributed by atoms with Crippen LogP contribution in [0.15, 0.2) is 188 Å². The van der Waals surface area contributed by atoms with Gasteiger partial charge in [-0.2, -0.15) is 0 Å². The molecule has 0 unspecified atom stereocenters. The third-order valence-electron chi connectivity index (χ3n) is 9.26. The van der Waals surface area contributed by atoms with Crippen molar-refractivity contribution in [3.05, 3.63) is 188 Å². The standard InChI is InChI=1S/C46H31NS/c1-3-11-33(12-4-1)41-17-9-10-18-42(41)34-21-26-40(27-22-34)47(38-15-5-2-6-16-38)39-24-19-32(20-25-39)37-23-28-45-43(30-37)44-29-35-13-7-8-14-36(35)31-46(44)48-45/h1-31H. The van der Waals surface area contributed by atoms with Gasteiger partial charge in [0, 0.05) is 37.2 Å². The molecule has 1 nitrogen and oxygen atoms in total. The molecular weight excluding hydrogens is 599 g/mol. The topological polar surface area (TPSA) is 3.24 Å². The number of para-hydroxylation sites is 1. The van der Waals surface area contributed by atoms with Crippen LogP contribution in [-0.4, -0.2) is 0 Å². The molecule has 0 N–H and O–H groups in total. The predicted octanol–water partition coefficient (Wildman–Crippen LogP) is 13.7. The highest BCUT2D eigenvalue weighted by Gasteiger charge is 2.15. The molecule has 226 valence electrons. The van der Waals surface area contributed by atoms with Crippen LogP contribution in [0.2, 0.25) is 0 Å². The normalized spacial score (nSPS) is 11.3. The SMILES string of the molecule is c1ccc(-c2ccccc2-c2ccc(N(c3ccccc3)c3ccc(-c4ccc5sc6cc7ccccc7cc6c5c4)cc3)cc2)cc1. The van der Waals surface area contributed by atoms with Gasteiger partial charge < -0.3 is 4.90 Å². The van der Waals surface area contributed by atoms with Crippen molar-refractivity contribution < 1.29 is 0 Å². The summed E-state index contributed by atoms with van der Waals surface area (Å²) in [4.78, 5) is 2.33. The fraction of sp³-hybridized carbons (Fsp3) is 0. The maximum atomic E-state index is 2.36. The number of thiophene rings is 1. The van der Waals surface area contributed by atoms with Crippen molar-refractivity contribution in [2.24, 2.45) is 0 Å². The van der Waals surface area contributed by atoms with Gasteiger partial charge in [0.1, 0.15) is 0 Å². The van der Waals surface area contributed by atoms with Crippen LogP contribution in [-0.2, 0) is 0 Å². The average Bonchev–Trinajstić information content (AvgIpc) is 3.52. The van der Waals surface area contributed by atoms with E-state index in [1.54, 1.807) is 0 Å². The molecule has 0 radical (unpaired) electrons. The molecule has 0 spiro atoms. The minimum Gasteiger partial charge on any atom is -0.311 e. The molecule has 8 aromatic carbocycles. The Morgan fingerprint density at radius 2 is 0.792 bits per heavy atom. The van der Waals surface area contributed by atoms with Gasteiger partial charge in [-0.25, -0.2) is 0 Å². The first kappa shape index (κ1) is 28.3. The second-order valence-corrected chi connectivity index (χ2v) is 13.3. The van der Waals surface area contributed by atoms with Gasteiger partial charge in [-0.3, -0.25) is 0 Å². The van der Waals surface area contributed by atoms with Gasteiger partial charge in [-0.15, -0.1) is 11.3 Å². The van der Waals surface area contributed by atoms with Crippen LogP contribution in [0.4, 0.5) is 17.1 Å². The number of fused-ring (bicyclic) bond motifs is 4. The smallest absolute Gasteiger partial charge is 0.0462 e. The van der Waals surface area contributed by atoms with Crippen molar-refractivity contribution in [2.45, 2.75) is 0 Å². The Labute approximate surface area is 284 Å². The molecule has 0 fully saturated rings. The lowest BCUT2D eigenvalue weighted by molar-refractivity contribution is 1.28. The summed E-state index contributed by atoms with van der Waals surface area (Å²) in [6.45, 7) is 0. The van der Waals surface area contributed by atoms with Gasteiger partial charge in [0.25, 0.3) is 0 Å². The average molecular weight is 630 g/mol. The first-order valence-electron chi connectivity index (χ1n) is 16.3. The molecular formula is C46H31NS. The monoisotopic (exact) mass is 629 g/mol. The van der Waals surface area contributed by atoms with Crippen LogP contribution in [0.5, 0.6) is 0 Å². The van der Waals surface area contributed by atoms with E-state index in [1.165, 1.54) is 64.3 Å². The van der Waals surface area contributed by atoms with Crippen LogP contribution >= 0.6 is 11.3 Å². The van der Waals surface area contributed by atoms with E-state index in [2.05, 4.69) is 193 Å². The maximum absolute atomic E-state index is 2.36. The quantitative estimate of drug-likeness (QED) is 0.177. The summed E-state index contributed by atoms with van der Waals surface area (Å²) in [5.74, 6) is 0. The highest BCUT2D eigenvalue weighted by Crippen LogP contribution is 2.41. The first-order chi connectivity index (χ1) is 23.8. The lowest BCUT2D eigenvalue weighted by atomic mass is 9.94. The summed E-state index contributed by atoms with van der Waals surface area (Å²) < 4.78 is 2.66. The van der Waals surface area contributed by atoms with E-state index >= 15 is 0 Å². The van der Waals surface area contributed by atoms with Gasteiger partial charge in [-0.05, 0) is 105 Å². The third kappa shape index (κ3) is 5.13. The Hall–Kier alpha value is -5.96. The van der Waals surface area contributed by atoms with Gasteiger partial charge in [0.05, 0.1) is 0 Å². The fourth-order valence-electron chi connectivity index (χ4n) is 6.86. The van der Waals surface area contributed by atoms with Crippen molar-refractivity contribution in [3.8, 4) is 33.4 Å². The molecule has 0 saturated heterocycles. The van der Waals surface area contributed by atoms with Crippen LogP contribution < -0.4 is 4.90 Å². The number of rotatable bonds is 6. The second kappa shape index (κ2) is 12.0. The Morgan fingerprint density at radius 3 is 1.46 bits per heavy atom. The number of hydrogen-bond acceptors (Lipinski definition) is 2. The van der Waals surface area contributed by atoms with Gasteiger partial charge in [0.2, 0.25) is 0 Å². The van der Waals surface area contributed by atoms with Gasteiger partial charge in [-0.1, -0.05) is 127 Å². The second-order valence-electron chi connectivity index (χ2n) is 12.2. The number of anilines is 3. The number of hydrogen-bond donors (Lipinski definition) is 0. The minimum atomic E-state index is 1.12. The molecule has 9 aromatic rings. The maximum Gasteiger partial charge on any atom is 0.0462 e. The van der Waals surface area contributed by atoms with Crippen molar-refractivity contribution >= 4 is 59.3 Å². The zero-order chi connectivity index (χ0) is 31.9. The Morgan fingerprint density at radius 1 is 0.312 bits per heavy atom. The molecule has 9 rings (SSSR count). The molecule has 0 aliphatic heterocycles. The molecule has 48 heavy (non-hydrogen) atoms. The van der Waals surface area contributed by atoms with Gasteiger partial charge >= 0.3 is 0 Å². The van der Waals surface area contributed by atoms with E-state index in [0.717, 1.165) is 17.1 Å². The van der Waals surface area contributed by atoms with E-state index in [0.29, 0.717) is 0 Å². The highest BCUT2D eigenvalue weighted by molar-refractivity contribution is 7.25. The number of nitrogens with zero attached hydrogens (tertiary/aromatic N) is 1. The van der Waals surface area contributed by atoms with E-state index in [9.17, 15) is 0 Å². The van der Waals surface area contributed by atoms with Gasteiger partial charge in [0.15, 0.2) is 0 Å². The molecule has 0 saturated carbocycles. The summed E-state index contributed by atoms with van der Waals surface area (Å²) in [6.07, 6.45) is 0. The molecule has 0 atom stereocenters.